The second kappa shape index (κ2) is 5.68. The lowest BCUT2D eigenvalue weighted by Crippen LogP contribution is -2.12. The quantitative estimate of drug-likeness (QED) is 0.384. The fraction of sp³-hybridized carbons (Fsp3) is 0.0435. The Morgan fingerprint density at radius 2 is 1.30 bits per heavy atom. The Hall–Kier alpha value is -3.66. The molecule has 5 rings (SSSR count). The molecule has 0 radical (unpaired) electrons. The molecular weight excluding hydrogens is 340 g/mol. The Balaban J connectivity index is 1.85. The predicted molar refractivity (Wildman–Crippen MR) is 103 cm³/mol. The molecule has 1 aliphatic heterocycles. The summed E-state index contributed by atoms with van der Waals surface area (Å²) in [5.74, 6) is 1.83. The number of hydrogen-bond donors (Lipinski definition) is 3. The minimum atomic E-state index is -0.176. The summed E-state index contributed by atoms with van der Waals surface area (Å²) < 4.78 is 6.12. The summed E-state index contributed by atoms with van der Waals surface area (Å²) >= 11 is 0. The molecule has 0 aliphatic carbocycles. The first kappa shape index (κ1) is 15.6. The van der Waals surface area contributed by atoms with Crippen LogP contribution in [0, 0.1) is 0 Å². The first-order valence-electron chi connectivity index (χ1n) is 8.65. The third kappa shape index (κ3) is 2.46. The minimum Gasteiger partial charge on any atom is -0.508 e. The van der Waals surface area contributed by atoms with Crippen molar-refractivity contribution in [1.82, 2.24) is 0 Å². The van der Waals surface area contributed by atoms with E-state index >= 15 is 0 Å². The number of rotatable bonds is 1. The third-order valence-corrected chi connectivity index (χ3v) is 5.04. The number of phenolic OH excluding ortho intramolecular Hbond substituents is 3. The largest absolute Gasteiger partial charge is 0.508 e. The summed E-state index contributed by atoms with van der Waals surface area (Å²) in [5, 5.41) is 31.5. The van der Waals surface area contributed by atoms with Gasteiger partial charge in [-0.3, -0.25) is 0 Å². The number of ether oxygens (including phenoxy) is 1. The highest BCUT2D eigenvalue weighted by Gasteiger charge is 2.30. The number of fused-ring (bicyclic) bond motifs is 4. The second-order valence-corrected chi connectivity index (χ2v) is 6.73. The first-order valence-corrected chi connectivity index (χ1v) is 8.65. The van der Waals surface area contributed by atoms with Crippen molar-refractivity contribution in [1.29, 1.82) is 0 Å². The molecule has 0 spiro atoms. The van der Waals surface area contributed by atoms with Gasteiger partial charge in [-0.1, -0.05) is 24.3 Å². The molecule has 3 N–H and O–H groups in total. The molecule has 4 nitrogen and oxygen atoms in total. The van der Waals surface area contributed by atoms with E-state index in [-0.39, 0.29) is 23.2 Å². The molecule has 0 amide bonds. The molecule has 0 bridgehead atoms. The number of aromatic hydroxyl groups is 3. The van der Waals surface area contributed by atoms with Crippen molar-refractivity contribution < 1.29 is 20.1 Å². The maximum atomic E-state index is 10.1. The van der Waals surface area contributed by atoms with Gasteiger partial charge in [-0.2, -0.15) is 0 Å². The molecular formula is C23H16O4. The summed E-state index contributed by atoms with van der Waals surface area (Å²) in [5.41, 5.74) is 2.80. The van der Waals surface area contributed by atoms with Gasteiger partial charge in [0.05, 0.1) is 0 Å². The molecule has 4 aromatic carbocycles. The van der Waals surface area contributed by atoms with Gasteiger partial charge in [0.15, 0.2) is 0 Å². The van der Waals surface area contributed by atoms with Crippen LogP contribution in [0.5, 0.6) is 28.7 Å². The van der Waals surface area contributed by atoms with Gasteiger partial charge < -0.3 is 20.1 Å². The molecule has 0 saturated heterocycles. The molecule has 0 saturated carbocycles. The smallest absolute Gasteiger partial charge is 0.132 e. The fourth-order valence-corrected chi connectivity index (χ4v) is 3.85. The van der Waals surface area contributed by atoms with Gasteiger partial charge in [-0.15, -0.1) is 0 Å². The average Bonchev–Trinajstić information content (AvgIpc) is 2.67. The van der Waals surface area contributed by atoms with Crippen LogP contribution in [0.15, 0.2) is 72.8 Å². The maximum absolute atomic E-state index is 10.1. The van der Waals surface area contributed by atoms with E-state index in [4.69, 9.17) is 4.74 Å². The van der Waals surface area contributed by atoms with E-state index in [1.807, 2.05) is 30.3 Å². The summed E-state index contributed by atoms with van der Waals surface area (Å²) in [4.78, 5) is 0. The van der Waals surface area contributed by atoms with Crippen LogP contribution < -0.4 is 4.74 Å². The molecule has 132 valence electrons. The topological polar surface area (TPSA) is 69.9 Å². The van der Waals surface area contributed by atoms with Crippen molar-refractivity contribution in [3.8, 4) is 28.7 Å². The molecule has 1 unspecified atom stereocenters. The van der Waals surface area contributed by atoms with Crippen molar-refractivity contribution in [2.45, 2.75) is 5.92 Å². The van der Waals surface area contributed by atoms with Crippen LogP contribution in [0.3, 0.4) is 0 Å². The van der Waals surface area contributed by atoms with Crippen LogP contribution in [0.2, 0.25) is 0 Å². The van der Waals surface area contributed by atoms with Crippen LogP contribution in [0.1, 0.15) is 22.6 Å². The zero-order valence-electron chi connectivity index (χ0n) is 14.3. The highest BCUT2D eigenvalue weighted by atomic mass is 16.5. The van der Waals surface area contributed by atoms with Crippen molar-refractivity contribution in [3.05, 3.63) is 89.5 Å². The molecule has 1 atom stereocenters. The highest BCUT2D eigenvalue weighted by molar-refractivity contribution is 5.91. The van der Waals surface area contributed by atoms with E-state index in [2.05, 4.69) is 0 Å². The average molecular weight is 356 g/mol. The molecule has 4 heteroatoms. The number of hydrogen-bond acceptors (Lipinski definition) is 4. The van der Waals surface area contributed by atoms with Crippen molar-refractivity contribution in [2.24, 2.45) is 0 Å². The van der Waals surface area contributed by atoms with E-state index in [1.165, 1.54) is 0 Å². The minimum absolute atomic E-state index is 0.169. The van der Waals surface area contributed by atoms with E-state index in [1.54, 1.807) is 42.5 Å². The van der Waals surface area contributed by atoms with E-state index < -0.39 is 0 Å². The molecule has 4 aromatic rings. The second-order valence-electron chi connectivity index (χ2n) is 6.73. The lowest BCUT2D eigenvalue weighted by atomic mass is 9.80. The van der Waals surface area contributed by atoms with Crippen LogP contribution >= 0.6 is 0 Å². The van der Waals surface area contributed by atoms with Crippen LogP contribution in [0.4, 0.5) is 0 Å². The van der Waals surface area contributed by atoms with Crippen LogP contribution in [0.25, 0.3) is 10.8 Å². The van der Waals surface area contributed by atoms with E-state index in [0.29, 0.717) is 5.75 Å². The van der Waals surface area contributed by atoms with Gasteiger partial charge >= 0.3 is 0 Å². The monoisotopic (exact) mass is 356 g/mol. The fourth-order valence-electron chi connectivity index (χ4n) is 3.85. The lowest BCUT2D eigenvalue weighted by Gasteiger charge is -2.30. The summed E-state index contributed by atoms with van der Waals surface area (Å²) in [6, 6.07) is 21.3. The van der Waals surface area contributed by atoms with Gasteiger partial charge in [-0.25, -0.2) is 0 Å². The Kier molecular flexibility index (Phi) is 3.28. The van der Waals surface area contributed by atoms with Crippen LogP contribution in [-0.2, 0) is 0 Å². The number of benzene rings is 4. The zero-order valence-corrected chi connectivity index (χ0v) is 14.3. The van der Waals surface area contributed by atoms with E-state index in [0.717, 1.165) is 33.2 Å². The van der Waals surface area contributed by atoms with Crippen molar-refractivity contribution in [3.63, 3.8) is 0 Å². The maximum Gasteiger partial charge on any atom is 0.132 e. The zero-order chi connectivity index (χ0) is 18.5. The molecule has 1 aliphatic rings. The Morgan fingerprint density at radius 1 is 0.630 bits per heavy atom. The van der Waals surface area contributed by atoms with Gasteiger partial charge in [0.2, 0.25) is 0 Å². The summed E-state index contributed by atoms with van der Waals surface area (Å²) in [6.07, 6.45) is 0. The SMILES string of the molecule is Oc1ccc(C2c3cc(O)ccc3Oc3ccc4cc(O)ccc4c32)cc1. The molecule has 0 fully saturated rings. The highest BCUT2D eigenvalue weighted by Crippen LogP contribution is 2.50. The summed E-state index contributed by atoms with van der Waals surface area (Å²) in [7, 11) is 0. The van der Waals surface area contributed by atoms with Gasteiger partial charge in [-0.05, 0) is 64.9 Å². The van der Waals surface area contributed by atoms with Gasteiger partial charge in [0, 0.05) is 17.0 Å². The third-order valence-electron chi connectivity index (χ3n) is 5.04. The molecule has 27 heavy (non-hydrogen) atoms. The first-order chi connectivity index (χ1) is 13.1. The van der Waals surface area contributed by atoms with Crippen molar-refractivity contribution >= 4 is 10.8 Å². The summed E-state index contributed by atoms with van der Waals surface area (Å²) in [6.45, 7) is 0. The Bertz CT molecular complexity index is 1180. The number of phenols is 3. The normalized spacial score (nSPS) is 15.0. The molecule has 1 heterocycles. The van der Waals surface area contributed by atoms with Crippen LogP contribution in [-0.4, -0.2) is 15.3 Å². The van der Waals surface area contributed by atoms with Gasteiger partial charge in [0.1, 0.15) is 28.7 Å². The Labute approximate surface area is 155 Å². The molecule has 0 aromatic heterocycles. The lowest BCUT2D eigenvalue weighted by molar-refractivity contribution is 0.444. The standard InChI is InChI=1S/C23H16O4/c24-15-4-1-13(2-5-15)22-19-12-17(26)7-10-20(19)27-21-9-3-14-11-16(25)6-8-18(14)23(21)22/h1-12,22,24-26H. The van der Waals surface area contributed by atoms with E-state index in [9.17, 15) is 15.3 Å². The van der Waals surface area contributed by atoms with Gasteiger partial charge in [0.25, 0.3) is 0 Å². The Morgan fingerprint density at radius 3 is 2.11 bits per heavy atom. The predicted octanol–water partition coefficient (Wildman–Crippen LogP) is 5.24. The van der Waals surface area contributed by atoms with Crippen molar-refractivity contribution in [2.75, 3.05) is 0 Å².